The molecule has 2 aliphatic rings. The molecule has 0 radical (unpaired) electrons. The third-order valence-electron chi connectivity index (χ3n) is 4.87. The van der Waals surface area contributed by atoms with Gasteiger partial charge in [-0.25, -0.2) is 0 Å². The van der Waals surface area contributed by atoms with Gasteiger partial charge in [-0.2, -0.15) is 0 Å². The average molecular weight is 250 g/mol. The van der Waals surface area contributed by atoms with E-state index in [0.29, 0.717) is 6.04 Å². The smallest absolute Gasteiger partial charge is 0.0281 e. The fourth-order valence-electron chi connectivity index (χ4n) is 3.86. The molecule has 2 aliphatic carbocycles. The van der Waals surface area contributed by atoms with Gasteiger partial charge in [-0.3, -0.25) is 4.90 Å². The van der Waals surface area contributed by atoms with Crippen LogP contribution in [0.2, 0.25) is 0 Å². The van der Waals surface area contributed by atoms with Crippen LogP contribution >= 0.6 is 0 Å². The van der Waals surface area contributed by atoms with Gasteiger partial charge in [0.15, 0.2) is 0 Å². The lowest BCUT2D eigenvalue weighted by molar-refractivity contribution is 0.129. The zero-order chi connectivity index (χ0) is 12.8. The van der Waals surface area contributed by atoms with Gasteiger partial charge in [0, 0.05) is 12.1 Å². The highest BCUT2D eigenvalue weighted by Gasteiger charge is 2.33. The monoisotopic (exact) mass is 250 g/mol. The molecule has 2 nitrogen and oxygen atoms in total. The summed E-state index contributed by atoms with van der Waals surface area (Å²) in [4.78, 5) is 2.74. The van der Waals surface area contributed by atoms with Crippen molar-refractivity contribution in [3.05, 3.63) is 12.2 Å². The van der Waals surface area contributed by atoms with Gasteiger partial charge < -0.3 is 5.73 Å². The first-order valence-corrected chi connectivity index (χ1v) is 7.99. The molecule has 0 amide bonds. The average Bonchev–Trinajstić information content (AvgIpc) is 2.80. The normalized spacial score (nSPS) is 35.4. The molecular formula is C16H30N2. The fourth-order valence-corrected chi connectivity index (χ4v) is 3.86. The Balaban J connectivity index is 2.03. The highest BCUT2D eigenvalue weighted by molar-refractivity contribution is 4.99. The summed E-state index contributed by atoms with van der Waals surface area (Å²) in [6.45, 7) is 4.37. The van der Waals surface area contributed by atoms with Crippen molar-refractivity contribution in [1.29, 1.82) is 0 Å². The molecule has 3 atom stereocenters. The summed E-state index contributed by atoms with van der Waals surface area (Å²) in [6.07, 6.45) is 15.8. The van der Waals surface area contributed by atoms with Gasteiger partial charge in [-0.1, -0.05) is 38.3 Å². The summed E-state index contributed by atoms with van der Waals surface area (Å²) in [5.41, 5.74) is 5.96. The van der Waals surface area contributed by atoms with Crippen molar-refractivity contribution < 1.29 is 0 Å². The molecule has 18 heavy (non-hydrogen) atoms. The van der Waals surface area contributed by atoms with Gasteiger partial charge in [0.25, 0.3) is 0 Å². The Labute approximate surface area is 113 Å². The van der Waals surface area contributed by atoms with Crippen LogP contribution in [0.25, 0.3) is 0 Å². The molecule has 2 N–H and O–H groups in total. The van der Waals surface area contributed by atoms with Crippen molar-refractivity contribution in [2.24, 2.45) is 11.7 Å². The van der Waals surface area contributed by atoms with E-state index >= 15 is 0 Å². The van der Waals surface area contributed by atoms with Crippen molar-refractivity contribution in [1.82, 2.24) is 4.90 Å². The highest BCUT2D eigenvalue weighted by Crippen LogP contribution is 2.32. The number of likely N-dealkylation sites (N-methyl/N-ethyl adjacent to an activating group) is 1. The van der Waals surface area contributed by atoms with Crippen LogP contribution in [-0.4, -0.2) is 30.1 Å². The van der Waals surface area contributed by atoms with Crippen LogP contribution in [0.4, 0.5) is 0 Å². The first kappa shape index (κ1) is 14.1. The zero-order valence-electron chi connectivity index (χ0n) is 12.0. The number of rotatable bonds is 4. The zero-order valence-corrected chi connectivity index (χ0v) is 12.0. The van der Waals surface area contributed by atoms with E-state index in [-0.39, 0.29) is 0 Å². The van der Waals surface area contributed by atoms with E-state index in [1.807, 2.05) is 0 Å². The molecule has 1 saturated carbocycles. The van der Waals surface area contributed by atoms with Crippen LogP contribution in [0.5, 0.6) is 0 Å². The van der Waals surface area contributed by atoms with E-state index < -0.39 is 0 Å². The molecule has 0 aliphatic heterocycles. The molecule has 2 heteroatoms. The summed E-state index contributed by atoms with van der Waals surface area (Å²) in [5.74, 6) is 0.740. The largest absolute Gasteiger partial charge is 0.330 e. The molecular weight excluding hydrogens is 220 g/mol. The lowest BCUT2D eigenvalue weighted by atomic mass is 9.96. The van der Waals surface area contributed by atoms with Gasteiger partial charge in [0.2, 0.25) is 0 Å². The quantitative estimate of drug-likeness (QED) is 0.776. The van der Waals surface area contributed by atoms with Crippen molar-refractivity contribution in [3.8, 4) is 0 Å². The minimum Gasteiger partial charge on any atom is -0.330 e. The Bertz CT molecular complexity index is 262. The first-order valence-electron chi connectivity index (χ1n) is 7.99. The molecule has 0 saturated heterocycles. The number of nitrogens with two attached hydrogens (primary N) is 1. The molecule has 0 bridgehead atoms. The molecule has 104 valence electrons. The Hall–Kier alpha value is -0.340. The predicted molar refractivity (Wildman–Crippen MR) is 78.6 cm³/mol. The number of hydrogen-bond donors (Lipinski definition) is 1. The Kier molecular flexibility index (Phi) is 5.71. The maximum Gasteiger partial charge on any atom is 0.0281 e. The van der Waals surface area contributed by atoms with E-state index in [0.717, 1.165) is 18.5 Å². The maximum absolute atomic E-state index is 5.96. The van der Waals surface area contributed by atoms with Crippen molar-refractivity contribution in [2.45, 2.75) is 70.4 Å². The topological polar surface area (TPSA) is 29.3 Å². The second-order valence-corrected chi connectivity index (χ2v) is 5.96. The summed E-state index contributed by atoms with van der Waals surface area (Å²) in [5, 5.41) is 0. The predicted octanol–water partition coefficient (Wildman–Crippen LogP) is 3.32. The lowest BCUT2D eigenvalue weighted by Crippen LogP contribution is -2.45. The Morgan fingerprint density at radius 3 is 2.78 bits per heavy atom. The number of nitrogens with zero attached hydrogens (tertiary/aromatic N) is 1. The second kappa shape index (κ2) is 7.30. The van der Waals surface area contributed by atoms with E-state index in [2.05, 4.69) is 24.0 Å². The standard InChI is InChI=1S/C16H30N2/c1-2-18(16-12-8-9-14(16)13-17)15-10-6-4-3-5-7-11-15/h6,10,14-16H,2-5,7-9,11-13,17H2,1H3/b10-6+. The maximum atomic E-state index is 5.96. The Morgan fingerprint density at radius 1 is 1.11 bits per heavy atom. The van der Waals surface area contributed by atoms with Crippen LogP contribution in [0.1, 0.15) is 58.3 Å². The molecule has 1 fully saturated rings. The number of hydrogen-bond acceptors (Lipinski definition) is 2. The second-order valence-electron chi connectivity index (χ2n) is 5.96. The molecule has 0 spiro atoms. The van der Waals surface area contributed by atoms with E-state index in [4.69, 9.17) is 5.73 Å². The van der Waals surface area contributed by atoms with Crippen LogP contribution in [-0.2, 0) is 0 Å². The molecule has 0 heterocycles. The first-order chi connectivity index (χ1) is 8.86. The van der Waals surface area contributed by atoms with E-state index in [1.165, 1.54) is 57.9 Å². The third kappa shape index (κ3) is 3.36. The van der Waals surface area contributed by atoms with Crippen LogP contribution in [0.15, 0.2) is 12.2 Å². The lowest BCUT2D eigenvalue weighted by Gasteiger charge is -2.37. The van der Waals surface area contributed by atoms with Crippen molar-refractivity contribution in [2.75, 3.05) is 13.1 Å². The summed E-state index contributed by atoms with van der Waals surface area (Å²) in [6, 6.07) is 1.42. The summed E-state index contributed by atoms with van der Waals surface area (Å²) >= 11 is 0. The highest BCUT2D eigenvalue weighted by atomic mass is 15.2. The van der Waals surface area contributed by atoms with Gasteiger partial charge in [-0.05, 0) is 51.1 Å². The summed E-state index contributed by atoms with van der Waals surface area (Å²) < 4.78 is 0. The van der Waals surface area contributed by atoms with Gasteiger partial charge in [0.1, 0.15) is 0 Å². The summed E-state index contributed by atoms with van der Waals surface area (Å²) in [7, 11) is 0. The van der Waals surface area contributed by atoms with Crippen LogP contribution < -0.4 is 5.73 Å². The SMILES string of the molecule is CCN(C1/C=C/CCCCC1)C1CCCC1CN. The van der Waals surface area contributed by atoms with Crippen LogP contribution in [0, 0.1) is 5.92 Å². The fraction of sp³-hybridized carbons (Fsp3) is 0.875. The minimum atomic E-state index is 0.674. The Morgan fingerprint density at radius 2 is 2.00 bits per heavy atom. The van der Waals surface area contributed by atoms with Gasteiger partial charge in [-0.15, -0.1) is 0 Å². The minimum absolute atomic E-state index is 0.674. The van der Waals surface area contributed by atoms with E-state index in [9.17, 15) is 0 Å². The van der Waals surface area contributed by atoms with Crippen molar-refractivity contribution >= 4 is 0 Å². The van der Waals surface area contributed by atoms with Crippen LogP contribution in [0.3, 0.4) is 0 Å². The molecule has 0 aromatic carbocycles. The molecule has 2 rings (SSSR count). The van der Waals surface area contributed by atoms with Gasteiger partial charge >= 0.3 is 0 Å². The molecule has 0 aromatic rings. The molecule has 0 aromatic heterocycles. The third-order valence-corrected chi connectivity index (χ3v) is 4.87. The molecule has 3 unspecified atom stereocenters. The van der Waals surface area contributed by atoms with Crippen molar-refractivity contribution in [3.63, 3.8) is 0 Å². The van der Waals surface area contributed by atoms with E-state index in [1.54, 1.807) is 0 Å². The number of allylic oxidation sites excluding steroid dienone is 1. The van der Waals surface area contributed by atoms with Gasteiger partial charge in [0.05, 0.1) is 0 Å².